The molecule has 0 aliphatic rings. The Morgan fingerprint density at radius 1 is 0.571 bits per heavy atom. The van der Waals surface area contributed by atoms with E-state index in [1.807, 2.05) is 0 Å². The summed E-state index contributed by atoms with van der Waals surface area (Å²) in [6.45, 7) is 9.88. The zero-order valence-corrected chi connectivity index (χ0v) is 15.8. The molecule has 0 N–H and O–H groups in total. The van der Waals surface area contributed by atoms with Gasteiger partial charge in [-0.15, -0.1) is 9.05 Å². The molecule has 0 amide bonds. The zero-order valence-electron chi connectivity index (χ0n) is 14.9. The van der Waals surface area contributed by atoms with E-state index in [-0.39, 0.29) is 0 Å². The van der Waals surface area contributed by atoms with Crippen LogP contribution in [0.4, 0.5) is 0 Å². The molecule has 0 fully saturated rings. The first-order valence-corrected chi connectivity index (χ1v) is 10.0. The Bertz CT molecular complexity index is 180. The molecule has 4 heteroatoms. The predicted octanol–water partition coefficient (Wildman–Crippen LogP) is 7.03. The van der Waals surface area contributed by atoms with Gasteiger partial charge >= 0.3 is 8.25 Å². The largest absolute Gasteiger partial charge is 0.697 e. The molecular weight excluding hydrogens is 283 g/mol. The lowest BCUT2D eigenvalue weighted by atomic mass is 10.2. The van der Waals surface area contributed by atoms with Crippen molar-refractivity contribution >= 4 is 8.25 Å². The summed E-state index contributed by atoms with van der Waals surface area (Å²) < 4.78 is 21.4. The summed E-state index contributed by atoms with van der Waals surface area (Å²) in [6.07, 6.45) is 13.2. The van der Waals surface area contributed by atoms with Crippen LogP contribution in [-0.2, 0) is 13.6 Å². The standard InChI is InChI=1S/C12H26O3P.C5H12/c1-3-5-7-9-11-14-16(13)15-12-10-8-6-4-2;1-3-5-4-2/h3-12H2,1-2H3;3-5H2,1-2H3/q+1;. The molecular formula is C17H38O3P+. The number of unbranched alkanes of at least 4 members (excludes halogenated alkanes) is 8. The van der Waals surface area contributed by atoms with Gasteiger partial charge in [-0.1, -0.05) is 85.5 Å². The minimum absolute atomic E-state index is 0.560. The molecule has 128 valence electrons. The van der Waals surface area contributed by atoms with Gasteiger partial charge in [-0.2, -0.15) is 0 Å². The van der Waals surface area contributed by atoms with Gasteiger partial charge in [0.2, 0.25) is 0 Å². The highest BCUT2D eigenvalue weighted by Crippen LogP contribution is 2.24. The Hall–Kier alpha value is 0.0200. The monoisotopic (exact) mass is 321 g/mol. The van der Waals surface area contributed by atoms with E-state index in [0.29, 0.717) is 13.2 Å². The second-order valence-electron chi connectivity index (χ2n) is 5.36. The van der Waals surface area contributed by atoms with E-state index in [0.717, 1.165) is 25.7 Å². The van der Waals surface area contributed by atoms with E-state index in [4.69, 9.17) is 9.05 Å². The van der Waals surface area contributed by atoms with Crippen LogP contribution >= 0.6 is 8.25 Å². The first-order chi connectivity index (χ1) is 10.2. The van der Waals surface area contributed by atoms with Crippen LogP contribution in [0, 0.1) is 0 Å². The fourth-order valence-electron chi connectivity index (χ4n) is 1.73. The van der Waals surface area contributed by atoms with Crippen molar-refractivity contribution in [2.75, 3.05) is 13.2 Å². The van der Waals surface area contributed by atoms with E-state index in [9.17, 15) is 4.57 Å². The van der Waals surface area contributed by atoms with Crippen molar-refractivity contribution in [3.05, 3.63) is 0 Å². The van der Waals surface area contributed by atoms with Crippen molar-refractivity contribution in [1.29, 1.82) is 0 Å². The van der Waals surface area contributed by atoms with Gasteiger partial charge in [-0.3, -0.25) is 0 Å². The Balaban J connectivity index is 0. The van der Waals surface area contributed by atoms with E-state index in [1.165, 1.54) is 44.9 Å². The molecule has 0 heterocycles. The third kappa shape index (κ3) is 25.3. The second kappa shape index (κ2) is 22.3. The van der Waals surface area contributed by atoms with Gasteiger partial charge in [-0.25, -0.2) is 0 Å². The SMILES string of the molecule is CCCCC.CCCCCCO[P+](=O)OCCCCCC. The fraction of sp³-hybridized carbons (Fsp3) is 1.00. The van der Waals surface area contributed by atoms with Gasteiger partial charge in [-0.05, 0) is 12.8 Å². The molecule has 0 aromatic carbocycles. The Kier molecular flexibility index (Phi) is 24.7. The summed E-state index contributed by atoms with van der Waals surface area (Å²) >= 11 is 0. The molecule has 0 unspecified atom stereocenters. The summed E-state index contributed by atoms with van der Waals surface area (Å²) in [7, 11) is -1.87. The molecule has 0 saturated heterocycles. The molecule has 0 aliphatic heterocycles. The van der Waals surface area contributed by atoms with Crippen molar-refractivity contribution in [3.63, 3.8) is 0 Å². The van der Waals surface area contributed by atoms with Crippen LogP contribution in [0.1, 0.15) is 98.3 Å². The third-order valence-corrected chi connectivity index (χ3v) is 3.88. The number of hydrogen-bond donors (Lipinski definition) is 0. The molecule has 0 aliphatic carbocycles. The molecule has 0 atom stereocenters. The van der Waals surface area contributed by atoms with Gasteiger partial charge in [0.05, 0.1) is 0 Å². The van der Waals surface area contributed by atoms with Gasteiger partial charge in [0, 0.05) is 4.57 Å². The Labute approximate surface area is 134 Å². The van der Waals surface area contributed by atoms with Gasteiger partial charge in [0.25, 0.3) is 0 Å². The van der Waals surface area contributed by atoms with Crippen LogP contribution in [-0.4, -0.2) is 13.2 Å². The lowest BCUT2D eigenvalue weighted by Gasteiger charge is -1.95. The van der Waals surface area contributed by atoms with Crippen molar-refractivity contribution in [3.8, 4) is 0 Å². The number of rotatable bonds is 14. The van der Waals surface area contributed by atoms with Crippen molar-refractivity contribution in [1.82, 2.24) is 0 Å². The van der Waals surface area contributed by atoms with Crippen LogP contribution in [0.3, 0.4) is 0 Å². The molecule has 0 bridgehead atoms. The number of hydrogen-bond acceptors (Lipinski definition) is 3. The lowest BCUT2D eigenvalue weighted by Crippen LogP contribution is -1.91. The molecule has 0 aromatic heterocycles. The average Bonchev–Trinajstić information content (AvgIpc) is 2.48. The van der Waals surface area contributed by atoms with Gasteiger partial charge < -0.3 is 0 Å². The molecule has 0 spiro atoms. The maximum Gasteiger partial charge on any atom is 0.697 e. The normalized spacial score (nSPS) is 10.1. The van der Waals surface area contributed by atoms with Crippen LogP contribution in [0.15, 0.2) is 0 Å². The molecule has 21 heavy (non-hydrogen) atoms. The summed E-state index contributed by atoms with van der Waals surface area (Å²) in [5.74, 6) is 0. The highest BCUT2D eigenvalue weighted by molar-refractivity contribution is 7.33. The lowest BCUT2D eigenvalue weighted by molar-refractivity contribution is 0.218. The van der Waals surface area contributed by atoms with Crippen molar-refractivity contribution in [2.45, 2.75) is 98.3 Å². The van der Waals surface area contributed by atoms with Gasteiger partial charge in [0.15, 0.2) is 0 Å². The van der Waals surface area contributed by atoms with Crippen molar-refractivity contribution < 1.29 is 13.6 Å². The molecule has 0 aromatic rings. The summed E-state index contributed by atoms with van der Waals surface area (Å²) in [5.41, 5.74) is 0. The summed E-state index contributed by atoms with van der Waals surface area (Å²) in [6, 6.07) is 0. The zero-order chi connectivity index (χ0) is 16.2. The molecule has 0 radical (unpaired) electrons. The summed E-state index contributed by atoms with van der Waals surface area (Å²) in [5, 5.41) is 0. The van der Waals surface area contributed by atoms with E-state index >= 15 is 0 Å². The van der Waals surface area contributed by atoms with E-state index in [2.05, 4.69) is 27.7 Å². The van der Waals surface area contributed by atoms with E-state index < -0.39 is 8.25 Å². The van der Waals surface area contributed by atoms with Crippen LogP contribution in [0.5, 0.6) is 0 Å². The van der Waals surface area contributed by atoms with Crippen LogP contribution in [0.2, 0.25) is 0 Å². The Morgan fingerprint density at radius 3 is 1.24 bits per heavy atom. The first-order valence-electron chi connectivity index (χ1n) is 8.95. The summed E-state index contributed by atoms with van der Waals surface area (Å²) in [4.78, 5) is 0. The van der Waals surface area contributed by atoms with Gasteiger partial charge in [0.1, 0.15) is 13.2 Å². The fourth-order valence-corrected chi connectivity index (χ4v) is 2.36. The van der Waals surface area contributed by atoms with E-state index in [1.54, 1.807) is 0 Å². The van der Waals surface area contributed by atoms with Crippen LogP contribution < -0.4 is 0 Å². The van der Waals surface area contributed by atoms with Crippen LogP contribution in [0.25, 0.3) is 0 Å². The maximum atomic E-state index is 11.2. The van der Waals surface area contributed by atoms with Crippen molar-refractivity contribution in [2.24, 2.45) is 0 Å². The molecule has 0 saturated carbocycles. The third-order valence-electron chi connectivity index (χ3n) is 3.10. The first kappa shape index (κ1) is 23.3. The molecule has 3 nitrogen and oxygen atoms in total. The maximum absolute atomic E-state index is 11.2. The molecule has 0 rings (SSSR count). The minimum atomic E-state index is -1.87. The highest BCUT2D eigenvalue weighted by Gasteiger charge is 2.18. The average molecular weight is 321 g/mol. The predicted molar refractivity (Wildman–Crippen MR) is 93.0 cm³/mol. The smallest absolute Gasteiger partial charge is 0.119 e. The minimum Gasteiger partial charge on any atom is -0.119 e. The second-order valence-corrected chi connectivity index (χ2v) is 6.33. The topological polar surface area (TPSA) is 35.5 Å². The quantitative estimate of drug-likeness (QED) is 0.254. The Morgan fingerprint density at radius 2 is 0.952 bits per heavy atom. The highest BCUT2D eigenvalue weighted by atomic mass is 31.1.